The van der Waals surface area contributed by atoms with E-state index in [1.807, 2.05) is 23.6 Å². The van der Waals surface area contributed by atoms with E-state index in [0.29, 0.717) is 35.1 Å². The molecule has 3 aromatic rings. The van der Waals surface area contributed by atoms with E-state index < -0.39 is 15.9 Å². The van der Waals surface area contributed by atoms with Gasteiger partial charge in [0.2, 0.25) is 10.0 Å². The van der Waals surface area contributed by atoms with E-state index in [4.69, 9.17) is 16.3 Å². The van der Waals surface area contributed by atoms with Gasteiger partial charge in [0.15, 0.2) is 4.80 Å². The Hall–Kier alpha value is -2.30. The molecular weight excluding hydrogens is 494 g/mol. The van der Waals surface area contributed by atoms with Crippen molar-refractivity contribution in [2.75, 3.05) is 20.2 Å². The van der Waals surface area contributed by atoms with E-state index in [1.165, 1.54) is 39.9 Å². The zero-order valence-corrected chi connectivity index (χ0v) is 21.4. The second-order valence-corrected chi connectivity index (χ2v) is 11.6. The summed E-state index contributed by atoms with van der Waals surface area (Å²) in [5.74, 6) is -0.463. The van der Waals surface area contributed by atoms with Gasteiger partial charge in [-0.05, 0) is 55.7 Å². The molecule has 1 fully saturated rings. The SMILES string of the molecule is C=CCn1c(=NC(=O)c2ccc(S(=O)(=O)N(C)CC3CCCO3)cc2)sc2c(Cl)ccc(C)c21. The van der Waals surface area contributed by atoms with Crippen LogP contribution < -0.4 is 4.80 Å². The van der Waals surface area contributed by atoms with Gasteiger partial charge < -0.3 is 9.30 Å². The van der Waals surface area contributed by atoms with Crippen LogP contribution in [0.4, 0.5) is 0 Å². The lowest BCUT2D eigenvalue weighted by Gasteiger charge is -2.20. The van der Waals surface area contributed by atoms with Gasteiger partial charge in [0.1, 0.15) is 0 Å². The fourth-order valence-electron chi connectivity index (χ4n) is 3.98. The van der Waals surface area contributed by atoms with Gasteiger partial charge in [-0.1, -0.05) is 35.1 Å². The number of aromatic nitrogens is 1. The number of likely N-dealkylation sites (N-methyl/N-ethyl adjacent to an activating group) is 1. The van der Waals surface area contributed by atoms with E-state index in [0.717, 1.165) is 28.6 Å². The van der Waals surface area contributed by atoms with Crippen LogP contribution in [-0.2, 0) is 21.3 Å². The molecule has 1 aliphatic heterocycles. The van der Waals surface area contributed by atoms with Gasteiger partial charge >= 0.3 is 0 Å². The Morgan fingerprint density at radius 2 is 2.06 bits per heavy atom. The standard InChI is InChI=1S/C24H26ClN3O4S2/c1-4-13-28-21-16(2)7-12-20(25)22(21)33-24(28)26-23(29)17-8-10-19(11-9-17)34(30,31)27(3)15-18-6-5-14-32-18/h4,7-12,18H,1,5-6,13-15H2,2-3H3. The molecule has 7 nitrogen and oxygen atoms in total. The van der Waals surface area contributed by atoms with Crippen molar-refractivity contribution in [3.63, 3.8) is 0 Å². The predicted octanol–water partition coefficient (Wildman–Crippen LogP) is 4.39. The molecule has 1 atom stereocenters. The first-order valence-corrected chi connectivity index (χ1v) is 13.5. The van der Waals surface area contributed by atoms with Crippen molar-refractivity contribution < 1.29 is 17.9 Å². The molecular formula is C24H26ClN3O4S2. The number of benzene rings is 2. The van der Waals surface area contributed by atoms with Gasteiger partial charge in [-0.15, -0.1) is 6.58 Å². The van der Waals surface area contributed by atoms with Gasteiger partial charge in [-0.25, -0.2) is 8.42 Å². The minimum atomic E-state index is -3.69. The first kappa shape index (κ1) is 24.8. The van der Waals surface area contributed by atoms with Crippen LogP contribution in [0, 0.1) is 6.92 Å². The van der Waals surface area contributed by atoms with Crippen LogP contribution in [0.2, 0.25) is 5.02 Å². The van der Waals surface area contributed by atoms with Crippen LogP contribution in [-0.4, -0.2) is 49.5 Å². The molecule has 10 heteroatoms. The summed E-state index contributed by atoms with van der Waals surface area (Å²) in [5, 5.41) is 0.596. The van der Waals surface area contributed by atoms with Crippen molar-refractivity contribution in [2.45, 2.75) is 37.3 Å². The average Bonchev–Trinajstić information content (AvgIpc) is 3.45. The Balaban J connectivity index is 1.63. The first-order valence-electron chi connectivity index (χ1n) is 10.9. The molecule has 0 radical (unpaired) electrons. The van der Waals surface area contributed by atoms with Crippen LogP contribution >= 0.6 is 22.9 Å². The molecule has 180 valence electrons. The number of aryl methyl sites for hydroxylation is 1. The minimum absolute atomic E-state index is 0.0832. The summed E-state index contributed by atoms with van der Waals surface area (Å²) in [6.07, 6.45) is 3.45. The summed E-state index contributed by atoms with van der Waals surface area (Å²) >= 11 is 7.72. The third-order valence-electron chi connectivity index (χ3n) is 5.78. The fourth-order valence-corrected chi connectivity index (χ4v) is 6.57. The number of allylic oxidation sites excluding steroid dienone is 1. The maximum Gasteiger partial charge on any atom is 0.279 e. The third kappa shape index (κ3) is 4.89. The maximum atomic E-state index is 12.9. The maximum absolute atomic E-state index is 12.9. The molecule has 1 amide bonds. The lowest BCUT2D eigenvalue weighted by atomic mass is 10.2. The first-order chi connectivity index (χ1) is 16.2. The quantitative estimate of drug-likeness (QED) is 0.433. The number of carbonyl (C=O) groups excluding carboxylic acids is 1. The number of fused-ring (bicyclic) bond motifs is 1. The number of amides is 1. The van der Waals surface area contributed by atoms with Crippen LogP contribution in [0.15, 0.2) is 58.9 Å². The van der Waals surface area contributed by atoms with E-state index >= 15 is 0 Å². The Morgan fingerprint density at radius 1 is 1.32 bits per heavy atom. The van der Waals surface area contributed by atoms with Crippen LogP contribution in [0.25, 0.3) is 10.2 Å². The predicted molar refractivity (Wildman–Crippen MR) is 135 cm³/mol. The average molecular weight is 520 g/mol. The highest BCUT2D eigenvalue weighted by molar-refractivity contribution is 7.89. The summed E-state index contributed by atoms with van der Waals surface area (Å²) < 4.78 is 35.4. The summed E-state index contributed by atoms with van der Waals surface area (Å²) in [6.45, 7) is 7.22. The molecule has 4 rings (SSSR count). The highest BCUT2D eigenvalue weighted by Crippen LogP contribution is 2.29. The van der Waals surface area contributed by atoms with E-state index in [1.54, 1.807) is 13.1 Å². The monoisotopic (exact) mass is 519 g/mol. The Bertz CT molecular complexity index is 1400. The molecule has 0 saturated carbocycles. The number of ether oxygens (including phenoxy) is 1. The number of halogens is 1. The molecule has 1 aliphatic rings. The Kier molecular flexibility index (Phi) is 7.39. The summed E-state index contributed by atoms with van der Waals surface area (Å²) in [4.78, 5) is 17.9. The zero-order valence-electron chi connectivity index (χ0n) is 19.0. The van der Waals surface area contributed by atoms with Crippen LogP contribution in [0.3, 0.4) is 0 Å². The lowest BCUT2D eigenvalue weighted by Crippen LogP contribution is -2.34. The number of hydrogen-bond acceptors (Lipinski definition) is 5. The molecule has 0 spiro atoms. The summed E-state index contributed by atoms with van der Waals surface area (Å²) in [7, 11) is -2.15. The third-order valence-corrected chi connectivity index (χ3v) is 9.16. The molecule has 1 aromatic heterocycles. The highest BCUT2D eigenvalue weighted by atomic mass is 35.5. The fraction of sp³-hybridized carbons (Fsp3) is 0.333. The topological polar surface area (TPSA) is 81.0 Å². The molecule has 0 bridgehead atoms. The van der Waals surface area contributed by atoms with E-state index in [-0.39, 0.29) is 11.0 Å². The summed E-state index contributed by atoms with van der Waals surface area (Å²) in [5.41, 5.74) is 2.24. The van der Waals surface area contributed by atoms with Gasteiger partial charge in [0, 0.05) is 32.3 Å². The highest BCUT2D eigenvalue weighted by Gasteiger charge is 2.26. The number of rotatable bonds is 7. The Labute approximate surface area is 208 Å². The van der Waals surface area contributed by atoms with Crippen molar-refractivity contribution in [2.24, 2.45) is 4.99 Å². The number of sulfonamides is 1. The molecule has 34 heavy (non-hydrogen) atoms. The van der Waals surface area contributed by atoms with E-state index in [2.05, 4.69) is 11.6 Å². The minimum Gasteiger partial charge on any atom is -0.377 e. The molecule has 0 aliphatic carbocycles. The van der Waals surface area contributed by atoms with Crippen LogP contribution in [0.5, 0.6) is 0 Å². The molecule has 2 aromatic carbocycles. The van der Waals surface area contributed by atoms with Crippen molar-refractivity contribution in [1.29, 1.82) is 0 Å². The number of hydrogen-bond donors (Lipinski definition) is 0. The number of carbonyl (C=O) groups is 1. The number of nitrogens with zero attached hydrogens (tertiary/aromatic N) is 3. The van der Waals surface area contributed by atoms with Crippen molar-refractivity contribution in [1.82, 2.24) is 8.87 Å². The molecule has 2 heterocycles. The normalized spacial score (nSPS) is 17.1. The second kappa shape index (κ2) is 10.1. The Morgan fingerprint density at radius 3 is 2.71 bits per heavy atom. The molecule has 0 N–H and O–H groups in total. The number of thiazole rings is 1. The lowest BCUT2D eigenvalue weighted by molar-refractivity contribution is 0.0979. The second-order valence-electron chi connectivity index (χ2n) is 8.19. The molecule has 1 saturated heterocycles. The largest absolute Gasteiger partial charge is 0.377 e. The van der Waals surface area contributed by atoms with E-state index in [9.17, 15) is 13.2 Å². The van der Waals surface area contributed by atoms with Gasteiger partial charge in [0.05, 0.1) is 26.2 Å². The smallest absolute Gasteiger partial charge is 0.279 e. The van der Waals surface area contributed by atoms with Crippen molar-refractivity contribution in [3.05, 3.63) is 70.0 Å². The van der Waals surface area contributed by atoms with Gasteiger partial charge in [-0.3, -0.25) is 4.79 Å². The molecule has 1 unspecified atom stereocenters. The van der Waals surface area contributed by atoms with Gasteiger partial charge in [0.25, 0.3) is 5.91 Å². The summed E-state index contributed by atoms with van der Waals surface area (Å²) in [6, 6.07) is 9.61. The zero-order chi connectivity index (χ0) is 24.5. The van der Waals surface area contributed by atoms with Crippen molar-refractivity contribution >= 4 is 49.1 Å². The van der Waals surface area contributed by atoms with Gasteiger partial charge in [-0.2, -0.15) is 9.30 Å². The van der Waals surface area contributed by atoms with Crippen LogP contribution in [0.1, 0.15) is 28.8 Å². The van der Waals surface area contributed by atoms with Crippen molar-refractivity contribution in [3.8, 4) is 0 Å².